The Morgan fingerprint density at radius 3 is 2.56 bits per heavy atom. The summed E-state index contributed by atoms with van der Waals surface area (Å²) in [5, 5.41) is 9.13. The number of hydrogen-bond acceptors (Lipinski definition) is 4. The second-order valence-electron chi connectivity index (χ2n) is 5.27. The molecule has 0 N–H and O–H groups in total. The Morgan fingerprint density at radius 1 is 0.920 bits per heavy atom. The van der Waals surface area contributed by atoms with E-state index in [-0.39, 0.29) is 5.43 Å². The maximum Gasteiger partial charge on any atom is 0.209 e. The van der Waals surface area contributed by atoms with Crippen molar-refractivity contribution in [2.75, 3.05) is 0 Å². The number of hydrogen-bond donors (Lipinski definition) is 0. The number of pyridine rings is 1. The van der Waals surface area contributed by atoms with Crippen molar-refractivity contribution in [2.45, 2.75) is 0 Å². The van der Waals surface area contributed by atoms with Crippen molar-refractivity contribution in [3.63, 3.8) is 0 Å². The van der Waals surface area contributed by atoms with Crippen LogP contribution in [-0.2, 0) is 0 Å². The first-order valence-corrected chi connectivity index (χ1v) is 7.92. The van der Waals surface area contributed by atoms with Crippen molar-refractivity contribution in [2.24, 2.45) is 0 Å². The Kier molecular flexibility index (Phi) is 3.87. The summed E-state index contributed by atoms with van der Waals surface area (Å²) in [5.74, 6) is 0. The summed E-state index contributed by atoms with van der Waals surface area (Å²) in [6.07, 6.45) is 4.85. The second kappa shape index (κ2) is 6.33. The van der Waals surface area contributed by atoms with Crippen molar-refractivity contribution in [3.05, 3.63) is 88.6 Å². The zero-order chi connectivity index (χ0) is 17.2. The molecule has 0 saturated carbocycles. The van der Waals surface area contributed by atoms with Gasteiger partial charge in [-0.25, -0.2) is 14.3 Å². The molecule has 0 aliphatic carbocycles. The maximum absolute atomic E-state index is 12.4. The van der Waals surface area contributed by atoms with Gasteiger partial charge in [-0.2, -0.15) is 10.2 Å². The van der Waals surface area contributed by atoms with E-state index in [1.54, 1.807) is 46.2 Å². The molecule has 0 radical (unpaired) electrons. The number of halogens is 1. The van der Waals surface area contributed by atoms with Gasteiger partial charge < -0.3 is 0 Å². The van der Waals surface area contributed by atoms with Gasteiger partial charge in [-0.05, 0) is 24.3 Å². The molecule has 0 aliphatic rings. The van der Waals surface area contributed by atoms with Gasteiger partial charge in [0.25, 0.3) is 0 Å². The van der Waals surface area contributed by atoms with Crippen molar-refractivity contribution < 1.29 is 0 Å². The van der Waals surface area contributed by atoms with Gasteiger partial charge in [-0.1, -0.05) is 29.8 Å². The molecule has 3 aromatic heterocycles. The predicted octanol–water partition coefficient (Wildman–Crippen LogP) is 3.13. The second-order valence-corrected chi connectivity index (χ2v) is 5.66. The summed E-state index contributed by atoms with van der Waals surface area (Å²) >= 11 is 5.96. The quantitative estimate of drug-likeness (QED) is 0.533. The summed E-state index contributed by atoms with van der Waals surface area (Å²) in [6, 6.07) is 16.3. The molecule has 0 atom stereocenters. The first kappa shape index (κ1) is 15.3. The molecule has 6 nitrogen and oxygen atoms in total. The van der Waals surface area contributed by atoms with Crippen LogP contribution in [-0.4, -0.2) is 24.5 Å². The Bertz CT molecular complexity index is 1090. The molecule has 7 heteroatoms. The standard InChI is InChI=1S/C18H12ClN5O/c19-17-12-14(6-9-20-17)24-15(7-10-21-24)18-16(25)8-11-23(22-18)13-4-2-1-3-5-13/h1-12H. The van der Waals surface area contributed by atoms with E-state index >= 15 is 0 Å². The Hall–Kier alpha value is -3.25. The average molecular weight is 350 g/mol. The molecule has 0 saturated heterocycles. The van der Waals surface area contributed by atoms with Crippen LogP contribution in [0.2, 0.25) is 5.15 Å². The van der Waals surface area contributed by atoms with Crippen molar-refractivity contribution in [1.82, 2.24) is 24.5 Å². The highest BCUT2D eigenvalue weighted by atomic mass is 35.5. The molecule has 0 spiro atoms. The first-order valence-electron chi connectivity index (χ1n) is 7.54. The van der Waals surface area contributed by atoms with E-state index in [9.17, 15) is 4.79 Å². The van der Waals surface area contributed by atoms with Crippen LogP contribution in [0.3, 0.4) is 0 Å². The third-order valence-corrected chi connectivity index (χ3v) is 3.88. The van der Waals surface area contributed by atoms with Crippen molar-refractivity contribution in [1.29, 1.82) is 0 Å². The van der Waals surface area contributed by atoms with Gasteiger partial charge in [0, 0.05) is 24.5 Å². The highest BCUT2D eigenvalue weighted by molar-refractivity contribution is 6.29. The lowest BCUT2D eigenvalue weighted by molar-refractivity contribution is 0.822. The molecule has 3 heterocycles. The van der Waals surface area contributed by atoms with Crippen LogP contribution in [0.15, 0.2) is 78.0 Å². The van der Waals surface area contributed by atoms with Crippen LogP contribution in [0.1, 0.15) is 0 Å². The summed E-state index contributed by atoms with van der Waals surface area (Å²) in [7, 11) is 0. The largest absolute Gasteiger partial charge is 0.287 e. The summed E-state index contributed by atoms with van der Waals surface area (Å²) in [6.45, 7) is 0. The van der Waals surface area contributed by atoms with Gasteiger partial charge in [-0.15, -0.1) is 0 Å². The number of nitrogens with zero attached hydrogens (tertiary/aromatic N) is 5. The van der Waals surface area contributed by atoms with Crippen molar-refractivity contribution in [3.8, 4) is 22.8 Å². The average Bonchev–Trinajstić information content (AvgIpc) is 3.12. The Labute approximate surface area is 148 Å². The van der Waals surface area contributed by atoms with E-state index in [0.717, 1.165) is 5.69 Å². The Balaban J connectivity index is 1.87. The molecule has 0 aliphatic heterocycles. The Morgan fingerprint density at radius 2 is 1.76 bits per heavy atom. The SMILES string of the molecule is O=c1ccn(-c2ccccc2)nc1-c1ccnn1-c1ccnc(Cl)c1. The van der Waals surface area contributed by atoms with Crippen LogP contribution < -0.4 is 5.43 Å². The van der Waals surface area contributed by atoms with E-state index < -0.39 is 0 Å². The van der Waals surface area contributed by atoms with Crippen molar-refractivity contribution >= 4 is 11.6 Å². The monoisotopic (exact) mass is 349 g/mol. The van der Waals surface area contributed by atoms with Crippen LogP contribution in [0.25, 0.3) is 22.8 Å². The lowest BCUT2D eigenvalue weighted by Crippen LogP contribution is -2.14. The van der Waals surface area contributed by atoms with Gasteiger partial charge in [0.1, 0.15) is 5.15 Å². The fraction of sp³-hybridized carbons (Fsp3) is 0. The molecule has 0 unspecified atom stereocenters. The van der Waals surface area contributed by atoms with Gasteiger partial charge in [0.15, 0.2) is 5.69 Å². The van der Waals surface area contributed by atoms with E-state index in [0.29, 0.717) is 22.2 Å². The first-order chi connectivity index (χ1) is 12.2. The molecule has 0 fully saturated rings. The molecular weight excluding hydrogens is 338 g/mol. The lowest BCUT2D eigenvalue weighted by Gasteiger charge is -2.09. The fourth-order valence-electron chi connectivity index (χ4n) is 2.52. The van der Waals surface area contributed by atoms with Crippen LogP contribution in [0.5, 0.6) is 0 Å². The van der Waals surface area contributed by atoms with E-state index in [2.05, 4.69) is 15.2 Å². The normalized spacial score (nSPS) is 10.8. The number of para-hydroxylation sites is 1. The summed E-state index contributed by atoms with van der Waals surface area (Å²) in [4.78, 5) is 16.4. The minimum Gasteiger partial charge on any atom is -0.287 e. The fourth-order valence-corrected chi connectivity index (χ4v) is 2.69. The molecule has 0 amide bonds. The summed E-state index contributed by atoms with van der Waals surface area (Å²) in [5.41, 5.74) is 2.27. The number of aromatic nitrogens is 5. The third kappa shape index (κ3) is 2.95. The molecule has 1 aromatic carbocycles. The van der Waals surface area contributed by atoms with Gasteiger partial charge >= 0.3 is 0 Å². The number of benzene rings is 1. The molecule has 122 valence electrons. The maximum atomic E-state index is 12.4. The van der Waals surface area contributed by atoms with Gasteiger partial charge in [-0.3, -0.25) is 4.79 Å². The topological polar surface area (TPSA) is 65.6 Å². The molecule has 0 bridgehead atoms. The molecule has 4 rings (SSSR count). The summed E-state index contributed by atoms with van der Waals surface area (Å²) < 4.78 is 3.28. The smallest absolute Gasteiger partial charge is 0.209 e. The van der Waals surface area contributed by atoms with Gasteiger partial charge in [0.2, 0.25) is 5.43 Å². The van der Waals surface area contributed by atoms with E-state index in [4.69, 9.17) is 11.6 Å². The number of rotatable bonds is 3. The molecule has 25 heavy (non-hydrogen) atoms. The zero-order valence-electron chi connectivity index (χ0n) is 13.0. The zero-order valence-corrected chi connectivity index (χ0v) is 13.7. The molecular formula is C18H12ClN5O. The predicted molar refractivity (Wildman–Crippen MR) is 95.2 cm³/mol. The van der Waals surface area contributed by atoms with Crippen LogP contribution in [0, 0.1) is 0 Å². The van der Waals surface area contributed by atoms with Gasteiger partial charge in [0.05, 0.1) is 23.3 Å². The third-order valence-electron chi connectivity index (χ3n) is 3.67. The minimum absolute atomic E-state index is 0.186. The molecule has 4 aromatic rings. The van der Waals surface area contributed by atoms with Crippen LogP contribution in [0.4, 0.5) is 0 Å². The van der Waals surface area contributed by atoms with E-state index in [1.165, 1.54) is 6.07 Å². The highest BCUT2D eigenvalue weighted by Crippen LogP contribution is 2.19. The highest BCUT2D eigenvalue weighted by Gasteiger charge is 2.14. The minimum atomic E-state index is -0.186. The lowest BCUT2D eigenvalue weighted by atomic mass is 10.2. The van der Waals surface area contributed by atoms with E-state index in [1.807, 2.05) is 30.3 Å². The van der Waals surface area contributed by atoms with Crippen LogP contribution >= 0.6 is 11.6 Å².